The highest BCUT2D eigenvalue weighted by atomic mass is 16.2. The lowest BCUT2D eigenvalue weighted by atomic mass is 10.1. The summed E-state index contributed by atoms with van der Waals surface area (Å²) in [5, 5.41) is 4.99. The molecule has 1 rings (SSSR count). The van der Waals surface area contributed by atoms with Crippen molar-refractivity contribution in [2.75, 3.05) is 7.05 Å². The number of carbonyl (C=O) groups excluding carboxylic acids is 2. The van der Waals surface area contributed by atoms with E-state index in [-0.39, 0.29) is 17.5 Å². The summed E-state index contributed by atoms with van der Waals surface area (Å²) in [5.41, 5.74) is 2.21. The molecule has 0 bridgehead atoms. The lowest BCUT2D eigenvalue weighted by Gasteiger charge is -2.06. The van der Waals surface area contributed by atoms with Crippen molar-refractivity contribution in [2.45, 2.75) is 13.8 Å². The smallest absolute Gasteiger partial charge is 0.267 e. The highest BCUT2D eigenvalue weighted by Gasteiger charge is 2.08. The highest BCUT2D eigenvalue weighted by Crippen LogP contribution is 2.08. The second kappa shape index (κ2) is 5.84. The largest absolute Gasteiger partial charge is 0.354 e. The highest BCUT2D eigenvalue weighted by molar-refractivity contribution is 6.00. The summed E-state index contributed by atoms with van der Waals surface area (Å²) in [6.45, 7) is 3.34. The molecular formula is C13H16N2O2. The van der Waals surface area contributed by atoms with E-state index in [2.05, 4.69) is 10.6 Å². The van der Waals surface area contributed by atoms with E-state index in [9.17, 15) is 9.59 Å². The van der Waals surface area contributed by atoms with Crippen molar-refractivity contribution >= 4 is 17.9 Å². The first-order valence-electron chi connectivity index (χ1n) is 5.31. The third-order valence-electron chi connectivity index (χ3n) is 2.14. The third kappa shape index (κ3) is 4.10. The minimum Gasteiger partial charge on any atom is -0.354 e. The van der Waals surface area contributed by atoms with Gasteiger partial charge in [-0.15, -0.1) is 0 Å². The minimum absolute atomic E-state index is 0.241. The Morgan fingerprint density at radius 2 is 2.00 bits per heavy atom. The summed E-state index contributed by atoms with van der Waals surface area (Å²) in [6, 6.07) is 7.67. The Bertz CT molecular complexity index is 464. The van der Waals surface area contributed by atoms with Crippen molar-refractivity contribution < 1.29 is 9.59 Å². The quantitative estimate of drug-likeness (QED) is 0.770. The van der Waals surface area contributed by atoms with Gasteiger partial charge >= 0.3 is 0 Å². The number of nitrogens with one attached hydrogen (secondary N) is 2. The van der Waals surface area contributed by atoms with Crippen LogP contribution in [0, 0.1) is 6.92 Å². The predicted molar refractivity (Wildman–Crippen MR) is 67.0 cm³/mol. The summed E-state index contributed by atoms with van der Waals surface area (Å²) >= 11 is 0. The van der Waals surface area contributed by atoms with Crippen LogP contribution in [0.5, 0.6) is 0 Å². The van der Waals surface area contributed by atoms with Crippen molar-refractivity contribution in [3.05, 3.63) is 41.1 Å². The molecule has 0 saturated carbocycles. The van der Waals surface area contributed by atoms with Crippen LogP contribution in [-0.2, 0) is 9.59 Å². The first kappa shape index (κ1) is 13.0. The molecule has 0 spiro atoms. The van der Waals surface area contributed by atoms with Crippen molar-refractivity contribution in [2.24, 2.45) is 0 Å². The van der Waals surface area contributed by atoms with Gasteiger partial charge in [-0.3, -0.25) is 9.59 Å². The van der Waals surface area contributed by atoms with Gasteiger partial charge in [-0.25, -0.2) is 0 Å². The van der Waals surface area contributed by atoms with Crippen LogP contribution in [0.2, 0.25) is 0 Å². The second-order valence-electron chi connectivity index (χ2n) is 3.73. The Labute approximate surface area is 101 Å². The molecule has 90 valence electrons. The minimum atomic E-state index is -0.318. The number of carbonyl (C=O) groups is 2. The molecule has 0 aromatic heterocycles. The molecule has 0 heterocycles. The summed E-state index contributed by atoms with van der Waals surface area (Å²) in [4.78, 5) is 22.5. The lowest BCUT2D eigenvalue weighted by Crippen LogP contribution is -2.31. The van der Waals surface area contributed by atoms with Crippen LogP contribution in [0.3, 0.4) is 0 Å². The zero-order valence-corrected chi connectivity index (χ0v) is 10.2. The lowest BCUT2D eigenvalue weighted by molar-refractivity contribution is -0.122. The zero-order chi connectivity index (χ0) is 12.8. The molecule has 0 unspecified atom stereocenters. The van der Waals surface area contributed by atoms with Crippen molar-refractivity contribution in [1.29, 1.82) is 0 Å². The van der Waals surface area contributed by atoms with Crippen LogP contribution in [0.4, 0.5) is 0 Å². The van der Waals surface area contributed by atoms with E-state index in [1.807, 2.05) is 31.2 Å². The maximum atomic E-state index is 11.5. The van der Waals surface area contributed by atoms with Gasteiger partial charge in [0, 0.05) is 14.0 Å². The van der Waals surface area contributed by atoms with Crippen LogP contribution in [0.25, 0.3) is 6.08 Å². The van der Waals surface area contributed by atoms with Gasteiger partial charge in [-0.2, -0.15) is 0 Å². The Balaban J connectivity index is 3.04. The molecule has 4 nitrogen and oxygen atoms in total. The molecule has 0 aliphatic heterocycles. The summed E-state index contributed by atoms with van der Waals surface area (Å²) < 4.78 is 0. The molecule has 1 aromatic carbocycles. The van der Waals surface area contributed by atoms with Crippen molar-refractivity contribution in [1.82, 2.24) is 10.6 Å². The number of likely N-dealkylation sites (N-methyl/N-ethyl adjacent to an activating group) is 1. The average molecular weight is 232 g/mol. The van der Waals surface area contributed by atoms with Gasteiger partial charge in [-0.1, -0.05) is 29.8 Å². The fraction of sp³-hybridized carbons (Fsp3) is 0.231. The van der Waals surface area contributed by atoms with E-state index in [4.69, 9.17) is 0 Å². The molecule has 0 saturated heterocycles. The molecule has 0 atom stereocenters. The van der Waals surface area contributed by atoms with E-state index in [1.54, 1.807) is 6.08 Å². The molecule has 0 aliphatic rings. The number of benzene rings is 1. The SMILES string of the molecule is CNC(=O)/C(=C/c1cccc(C)c1)NC(C)=O. The van der Waals surface area contributed by atoms with E-state index in [0.29, 0.717) is 0 Å². The van der Waals surface area contributed by atoms with Gasteiger partial charge in [0.1, 0.15) is 5.70 Å². The Hall–Kier alpha value is -2.10. The second-order valence-corrected chi connectivity index (χ2v) is 3.73. The number of amides is 2. The van der Waals surface area contributed by atoms with Gasteiger partial charge in [0.15, 0.2) is 0 Å². The van der Waals surface area contributed by atoms with E-state index < -0.39 is 0 Å². The summed E-state index contributed by atoms with van der Waals surface area (Å²) in [7, 11) is 1.52. The van der Waals surface area contributed by atoms with Crippen LogP contribution in [0.1, 0.15) is 18.1 Å². The normalized spacial score (nSPS) is 10.9. The monoisotopic (exact) mass is 232 g/mol. The van der Waals surface area contributed by atoms with E-state index >= 15 is 0 Å². The Morgan fingerprint density at radius 3 is 2.53 bits per heavy atom. The van der Waals surface area contributed by atoms with E-state index in [0.717, 1.165) is 11.1 Å². The fourth-order valence-electron chi connectivity index (χ4n) is 1.41. The van der Waals surface area contributed by atoms with Gasteiger partial charge < -0.3 is 10.6 Å². The first-order valence-corrected chi connectivity index (χ1v) is 5.31. The fourth-order valence-corrected chi connectivity index (χ4v) is 1.41. The van der Waals surface area contributed by atoms with Crippen LogP contribution in [-0.4, -0.2) is 18.9 Å². The third-order valence-corrected chi connectivity index (χ3v) is 2.14. The van der Waals surface area contributed by atoms with Gasteiger partial charge in [0.05, 0.1) is 0 Å². The van der Waals surface area contributed by atoms with Gasteiger partial charge in [0.25, 0.3) is 5.91 Å². The number of hydrogen-bond donors (Lipinski definition) is 2. The first-order chi connectivity index (χ1) is 8.02. The molecule has 17 heavy (non-hydrogen) atoms. The van der Waals surface area contributed by atoms with Gasteiger partial charge in [-0.05, 0) is 18.6 Å². The molecule has 2 amide bonds. The molecule has 4 heteroatoms. The molecule has 0 aliphatic carbocycles. The van der Waals surface area contributed by atoms with Crippen LogP contribution < -0.4 is 10.6 Å². The van der Waals surface area contributed by atoms with Gasteiger partial charge in [0.2, 0.25) is 5.91 Å². The number of rotatable bonds is 3. The molecule has 0 radical (unpaired) electrons. The maximum Gasteiger partial charge on any atom is 0.267 e. The standard InChI is InChI=1S/C13H16N2O2/c1-9-5-4-6-11(7-9)8-12(13(17)14-3)15-10(2)16/h4-8H,1-3H3,(H,14,17)(H,15,16)/b12-8-. The Kier molecular flexibility index (Phi) is 4.46. The van der Waals surface area contributed by atoms with Crippen LogP contribution >= 0.6 is 0 Å². The van der Waals surface area contributed by atoms with E-state index in [1.165, 1.54) is 14.0 Å². The molecule has 1 aromatic rings. The molecular weight excluding hydrogens is 216 g/mol. The summed E-state index contributed by atoms with van der Waals surface area (Å²) in [6.07, 6.45) is 1.65. The average Bonchev–Trinajstić information content (AvgIpc) is 2.26. The molecule has 0 fully saturated rings. The molecule has 2 N–H and O–H groups in total. The topological polar surface area (TPSA) is 58.2 Å². The summed E-state index contributed by atoms with van der Waals surface area (Å²) in [5.74, 6) is -0.589. The number of aryl methyl sites for hydroxylation is 1. The van der Waals surface area contributed by atoms with Crippen molar-refractivity contribution in [3.63, 3.8) is 0 Å². The van der Waals surface area contributed by atoms with Crippen LogP contribution in [0.15, 0.2) is 30.0 Å². The van der Waals surface area contributed by atoms with Crippen molar-refractivity contribution in [3.8, 4) is 0 Å². The maximum absolute atomic E-state index is 11.5. The number of hydrogen-bond acceptors (Lipinski definition) is 2. The predicted octanol–water partition coefficient (Wildman–Crippen LogP) is 1.22. The zero-order valence-electron chi connectivity index (χ0n) is 10.2. The Morgan fingerprint density at radius 1 is 1.29 bits per heavy atom.